The van der Waals surface area contributed by atoms with Crippen molar-refractivity contribution in [2.45, 2.75) is 71.1 Å². The summed E-state index contributed by atoms with van der Waals surface area (Å²) >= 11 is 0. The van der Waals surface area contributed by atoms with Crippen molar-refractivity contribution in [3.63, 3.8) is 0 Å². The molecule has 0 bridgehead atoms. The zero-order valence-corrected chi connectivity index (χ0v) is 22.1. The van der Waals surface area contributed by atoms with E-state index in [0.717, 1.165) is 13.0 Å². The highest BCUT2D eigenvalue weighted by molar-refractivity contribution is 4.63. The fourth-order valence-electron chi connectivity index (χ4n) is 3.18. The van der Waals surface area contributed by atoms with Gasteiger partial charge in [-0.2, -0.15) is 0 Å². The van der Waals surface area contributed by atoms with Gasteiger partial charge in [-0.05, 0) is 6.42 Å². The first-order valence-corrected chi connectivity index (χ1v) is 13.6. The minimum absolute atomic E-state index is 0.554. The first-order valence-electron chi connectivity index (χ1n) is 13.6. The Balaban J connectivity index is 3.00. The second-order valence-corrected chi connectivity index (χ2v) is 8.22. The van der Waals surface area contributed by atoms with Crippen molar-refractivity contribution in [3.8, 4) is 0 Å². The van der Waals surface area contributed by atoms with Crippen molar-refractivity contribution in [2.75, 3.05) is 92.5 Å². The summed E-state index contributed by atoms with van der Waals surface area (Å²) in [6.45, 7) is 14.2. The van der Waals surface area contributed by atoms with E-state index in [1.807, 2.05) is 0 Å². The van der Waals surface area contributed by atoms with Crippen molar-refractivity contribution >= 4 is 0 Å². The second-order valence-electron chi connectivity index (χ2n) is 8.22. The number of hydrogen-bond acceptors (Lipinski definition) is 7. The third kappa shape index (κ3) is 31.5. The molecule has 0 rings (SSSR count). The molecule has 0 fully saturated rings. The molecule has 0 aliphatic carbocycles. The molecule has 7 nitrogen and oxygen atoms in total. The molecular formula is C27H54O7. The van der Waals surface area contributed by atoms with Crippen LogP contribution in [0, 0.1) is 0 Å². The summed E-state index contributed by atoms with van der Waals surface area (Å²) in [7, 11) is 0. The van der Waals surface area contributed by atoms with Gasteiger partial charge in [0.05, 0.1) is 85.9 Å². The van der Waals surface area contributed by atoms with Crippen LogP contribution in [0.4, 0.5) is 0 Å². The highest BCUT2D eigenvalue weighted by atomic mass is 16.6. The number of hydrogen-bond donors (Lipinski definition) is 0. The molecule has 0 radical (unpaired) electrons. The maximum atomic E-state index is 5.62. The minimum Gasteiger partial charge on any atom is -0.379 e. The van der Waals surface area contributed by atoms with Crippen LogP contribution in [0.3, 0.4) is 0 Å². The maximum absolute atomic E-state index is 5.62. The normalized spacial score (nSPS) is 11.3. The largest absolute Gasteiger partial charge is 0.379 e. The van der Waals surface area contributed by atoms with Gasteiger partial charge in [-0.15, -0.1) is 6.58 Å². The van der Waals surface area contributed by atoms with Crippen LogP contribution in [0.5, 0.6) is 0 Å². The third-order valence-corrected chi connectivity index (χ3v) is 5.11. The summed E-state index contributed by atoms with van der Waals surface area (Å²) in [6.07, 6.45) is 15.2. The second kappa shape index (κ2) is 32.5. The van der Waals surface area contributed by atoms with Crippen LogP contribution in [-0.4, -0.2) is 92.5 Å². The van der Waals surface area contributed by atoms with E-state index in [4.69, 9.17) is 33.2 Å². The van der Waals surface area contributed by atoms with Gasteiger partial charge in [0.2, 0.25) is 0 Å². The fourth-order valence-corrected chi connectivity index (χ4v) is 3.18. The Morgan fingerprint density at radius 3 is 1.03 bits per heavy atom. The van der Waals surface area contributed by atoms with E-state index in [1.54, 1.807) is 6.08 Å². The van der Waals surface area contributed by atoms with Crippen molar-refractivity contribution in [1.82, 2.24) is 0 Å². The van der Waals surface area contributed by atoms with Crippen LogP contribution in [0.15, 0.2) is 12.7 Å². The topological polar surface area (TPSA) is 64.6 Å². The Morgan fingerprint density at radius 2 is 0.676 bits per heavy atom. The third-order valence-electron chi connectivity index (χ3n) is 5.11. The zero-order chi connectivity index (χ0) is 24.6. The van der Waals surface area contributed by atoms with Crippen LogP contribution in [0.25, 0.3) is 0 Å². The number of ether oxygens (including phenoxy) is 7. The lowest BCUT2D eigenvalue weighted by molar-refractivity contribution is -0.0198. The quantitative estimate of drug-likeness (QED) is 0.0976. The Hall–Kier alpha value is -0.540. The van der Waals surface area contributed by atoms with Crippen LogP contribution in [-0.2, 0) is 33.2 Å². The lowest BCUT2D eigenvalue weighted by Gasteiger charge is -2.08. The van der Waals surface area contributed by atoms with E-state index in [0.29, 0.717) is 85.9 Å². The first kappa shape index (κ1) is 33.5. The fraction of sp³-hybridized carbons (Fsp3) is 0.926. The van der Waals surface area contributed by atoms with E-state index < -0.39 is 0 Å². The maximum Gasteiger partial charge on any atom is 0.0704 e. The molecule has 0 saturated heterocycles. The molecule has 0 aliphatic heterocycles. The Labute approximate surface area is 209 Å². The van der Waals surface area contributed by atoms with E-state index >= 15 is 0 Å². The lowest BCUT2D eigenvalue weighted by Crippen LogP contribution is -2.14. The highest BCUT2D eigenvalue weighted by Gasteiger charge is 1.96. The Morgan fingerprint density at radius 1 is 0.382 bits per heavy atom. The summed E-state index contributed by atoms with van der Waals surface area (Å²) in [4.78, 5) is 0. The Bertz CT molecular complexity index is 369. The molecule has 0 saturated carbocycles. The van der Waals surface area contributed by atoms with E-state index in [2.05, 4.69) is 13.5 Å². The molecule has 0 unspecified atom stereocenters. The smallest absolute Gasteiger partial charge is 0.0704 e. The number of rotatable bonds is 31. The molecule has 0 amide bonds. The van der Waals surface area contributed by atoms with Crippen molar-refractivity contribution in [2.24, 2.45) is 0 Å². The molecule has 0 atom stereocenters. The molecule has 7 heteroatoms. The summed E-state index contributed by atoms with van der Waals surface area (Å²) in [5, 5.41) is 0. The minimum atomic E-state index is 0.554. The van der Waals surface area contributed by atoms with E-state index in [9.17, 15) is 0 Å². The number of unbranched alkanes of at least 4 members (excludes halogenated alkanes) is 9. The summed E-state index contributed by atoms with van der Waals surface area (Å²) in [5.74, 6) is 0. The summed E-state index contributed by atoms with van der Waals surface area (Å²) in [6, 6.07) is 0. The SMILES string of the molecule is C=CCOCCOCCOCCOCCOCCOCCOCCCCCCCCCCCC. The highest BCUT2D eigenvalue weighted by Crippen LogP contribution is 2.10. The molecule has 204 valence electrons. The van der Waals surface area contributed by atoms with Crippen LogP contribution in [0.1, 0.15) is 71.1 Å². The van der Waals surface area contributed by atoms with E-state index in [-0.39, 0.29) is 0 Å². The molecule has 0 aromatic heterocycles. The van der Waals surface area contributed by atoms with Crippen molar-refractivity contribution < 1.29 is 33.2 Å². The van der Waals surface area contributed by atoms with Crippen LogP contribution < -0.4 is 0 Å². The van der Waals surface area contributed by atoms with Crippen molar-refractivity contribution in [3.05, 3.63) is 12.7 Å². The van der Waals surface area contributed by atoms with Crippen LogP contribution in [0.2, 0.25) is 0 Å². The molecule has 0 N–H and O–H groups in total. The van der Waals surface area contributed by atoms with Gasteiger partial charge in [-0.1, -0.05) is 70.8 Å². The summed E-state index contributed by atoms with van der Waals surface area (Å²) in [5.41, 5.74) is 0. The van der Waals surface area contributed by atoms with Crippen LogP contribution >= 0.6 is 0 Å². The van der Waals surface area contributed by atoms with Gasteiger partial charge in [0.1, 0.15) is 0 Å². The molecule has 0 heterocycles. The molecule has 0 aromatic carbocycles. The first-order chi connectivity index (χ1) is 16.9. The monoisotopic (exact) mass is 490 g/mol. The zero-order valence-electron chi connectivity index (χ0n) is 22.1. The average molecular weight is 491 g/mol. The standard InChI is InChI=1S/C27H54O7/c1-3-5-6-7-8-9-10-11-12-13-15-29-17-19-31-21-23-33-25-27-34-26-24-32-22-20-30-18-16-28-14-4-2/h4H,2-3,5-27H2,1H3. The molecule has 0 aromatic rings. The predicted molar refractivity (Wildman–Crippen MR) is 138 cm³/mol. The molecule has 0 aliphatic rings. The molecule has 34 heavy (non-hydrogen) atoms. The van der Waals surface area contributed by atoms with Crippen molar-refractivity contribution in [1.29, 1.82) is 0 Å². The molecule has 0 spiro atoms. The lowest BCUT2D eigenvalue weighted by atomic mass is 10.1. The van der Waals surface area contributed by atoms with Gasteiger partial charge in [0, 0.05) is 6.61 Å². The van der Waals surface area contributed by atoms with Gasteiger partial charge in [-0.25, -0.2) is 0 Å². The van der Waals surface area contributed by atoms with Gasteiger partial charge >= 0.3 is 0 Å². The van der Waals surface area contributed by atoms with Gasteiger partial charge in [-0.3, -0.25) is 0 Å². The predicted octanol–water partition coefficient (Wildman–Crippen LogP) is 5.21. The Kier molecular flexibility index (Phi) is 31.9. The summed E-state index contributed by atoms with van der Waals surface area (Å²) < 4.78 is 38.1. The average Bonchev–Trinajstić information content (AvgIpc) is 2.85. The molecular weight excluding hydrogens is 436 g/mol. The van der Waals surface area contributed by atoms with E-state index in [1.165, 1.54) is 57.8 Å². The van der Waals surface area contributed by atoms with Gasteiger partial charge < -0.3 is 33.2 Å². The van der Waals surface area contributed by atoms with Gasteiger partial charge in [0.25, 0.3) is 0 Å². The van der Waals surface area contributed by atoms with Gasteiger partial charge in [0.15, 0.2) is 0 Å².